The molecule has 0 spiro atoms. The first-order valence-electron chi connectivity index (χ1n) is 5.71. The Morgan fingerprint density at radius 1 is 1.06 bits per heavy atom. The van der Waals surface area contributed by atoms with Gasteiger partial charge in [-0.2, -0.15) is 0 Å². The Bertz CT molecular complexity index is 556. The number of ketones is 1. The van der Waals surface area contributed by atoms with Gasteiger partial charge in [-0.1, -0.05) is 48.5 Å². The van der Waals surface area contributed by atoms with Gasteiger partial charge >= 0.3 is 0 Å². The Morgan fingerprint density at radius 2 is 1.83 bits per heavy atom. The first-order chi connectivity index (χ1) is 8.79. The first-order valence-corrected chi connectivity index (χ1v) is 5.71. The van der Waals surface area contributed by atoms with Crippen molar-refractivity contribution in [3.63, 3.8) is 0 Å². The number of carbonyl (C=O) groups is 1. The van der Waals surface area contributed by atoms with Crippen molar-refractivity contribution in [1.29, 1.82) is 0 Å². The SMILES string of the molecule is COc1cccc(C(=O)/C=C/c2ccccc2)c1. The van der Waals surface area contributed by atoms with E-state index in [2.05, 4.69) is 0 Å². The van der Waals surface area contributed by atoms with E-state index in [1.165, 1.54) is 0 Å². The lowest BCUT2D eigenvalue weighted by molar-refractivity contribution is 0.104. The monoisotopic (exact) mass is 238 g/mol. The van der Waals surface area contributed by atoms with Crippen molar-refractivity contribution in [3.8, 4) is 5.75 Å². The molecule has 0 aromatic heterocycles. The molecule has 2 aromatic rings. The Labute approximate surface area is 107 Å². The lowest BCUT2D eigenvalue weighted by atomic mass is 10.1. The van der Waals surface area contributed by atoms with E-state index in [-0.39, 0.29) is 5.78 Å². The summed E-state index contributed by atoms with van der Waals surface area (Å²) in [6, 6.07) is 16.9. The number of ether oxygens (including phenoxy) is 1. The van der Waals surface area contributed by atoms with E-state index in [0.29, 0.717) is 11.3 Å². The van der Waals surface area contributed by atoms with Crippen LogP contribution in [-0.2, 0) is 0 Å². The molecule has 0 unspecified atom stereocenters. The standard InChI is InChI=1S/C16H14O2/c1-18-15-9-5-8-14(12-15)16(17)11-10-13-6-3-2-4-7-13/h2-12H,1H3/b11-10+. The van der Waals surface area contributed by atoms with Gasteiger partial charge in [-0.25, -0.2) is 0 Å². The maximum atomic E-state index is 11.9. The van der Waals surface area contributed by atoms with Crippen molar-refractivity contribution >= 4 is 11.9 Å². The molecule has 0 bridgehead atoms. The van der Waals surface area contributed by atoms with E-state index in [1.54, 1.807) is 25.3 Å². The van der Waals surface area contributed by atoms with Crippen LogP contribution in [0.2, 0.25) is 0 Å². The highest BCUT2D eigenvalue weighted by Gasteiger charge is 2.02. The maximum absolute atomic E-state index is 11.9. The quantitative estimate of drug-likeness (QED) is 0.601. The molecule has 90 valence electrons. The van der Waals surface area contributed by atoms with Crippen LogP contribution in [0.5, 0.6) is 5.75 Å². The van der Waals surface area contributed by atoms with Gasteiger partial charge in [0.15, 0.2) is 5.78 Å². The molecule has 0 heterocycles. The van der Waals surface area contributed by atoms with Crippen molar-refractivity contribution in [3.05, 3.63) is 71.8 Å². The second-order valence-electron chi connectivity index (χ2n) is 3.84. The normalized spacial score (nSPS) is 10.5. The summed E-state index contributed by atoms with van der Waals surface area (Å²) in [6.07, 6.45) is 3.38. The third-order valence-corrected chi connectivity index (χ3v) is 2.58. The Kier molecular flexibility index (Phi) is 3.92. The van der Waals surface area contributed by atoms with Crippen molar-refractivity contribution in [2.24, 2.45) is 0 Å². The van der Waals surface area contributed by atoms with Crippen molar-refractivity contribution in [1.82, 2.24) is 0 Å². The van der Waals surface area contributed by atoms with Gasteiger partial charge in [0.1, 0.15) is 5.75 Å². The predicted octanol–water partition coefficient (Wildman–Crippen LogP) is 3.59. The minimum atomic E-state index is -0.0299. The number of benzene rings is 2. The summed E-state index contributed by atoms with van der Waals surface area (Å²) in [7, 11) is 1.59. The zero-order valence-electron chi connectivity index (χ0n) is 10.2. The lowest BCUT2D eigenvalue weighted by Crippen LogP contribution is -1.94. The van der Waals surface area contributed by atoms with Crippen molar-refractivity contribution in [2.45, 2.75) is 0 Å². The minimum Gasteiger partial charge on any atom is -0.497 e. The number of carbonyl (C=O) groups excluding carboxylic acids is 1. The summed E-state index contributed by atoms with van der Waals surface area (Å²) in [6.45, 7) is 0. The van der Waals surface area contributed by atoms with Crippen LogP contribution in [0.1, 0.15) is 15.9 Å². The van der Waals surface area contributed by atoms with Crippen LogP contribution < -0.4 is 4.74 Å². The van der Waals surface area contributed by atoms with E-state index in [9.17, 15) is 4.79 Å². The molecule has 0 fully saturated rings. The third-order valence-electron chi connectivity index (χ3n) is 2.58. The highest BCUT2D eigenvalue weighted by Crippen LogP contribution is 2.13. The molecular weight excluding hydrogens is 224 g/mol. The van der Waals surface area contributed by atoms with E-state index in [4.69, 9.17) is 4.74 Å². The summed E-state index contributed by atoms with van der Waals surface area (Å²) >= 11 is 0. The Hall–Kier alpha value is -2.35. The Morgan fingerprint density at radius 3 is 2.56 bits per heavy atom. The summed E-state index contributed by atoms with van der Waals surface area (Å²) in [4.78, 5) is 11.9. The average molecular weight is 238 g/mol. The van der Waals surface area contributed by atoms with Crippen LogP contribution in [0.4, 0.5) is 0 Å². The molecule has 18 heavy (non-hydrogen) atoms. The summed E-state index contributed by atoms with van der Waals surface area (Å²) in [5.41, 5.74) is 1.63. The minimum absolute atomic E-state index is 0.0299. The average Bonchev–Trinajstić information content (AvgIpc) is 2.46. The summed E-state index contributed by atoms with van der Waals surface area (Å²) in [5, 5.41) is 0. The molecule has 2 rings (SSSR count). The fourth-order valence-electron chi connectivity index (χ4n) is 1.61. The molecule has 0 aliphatic carbocycles. The molecule has 2 aromatic carbocycles. The number of methoxy groups -OCH3 is 1. The van der Waals surface area contributed by atoms with E-state index in [0.717, 1.165) is 5.56 Å². The second-order valence-corrected chi connectivity index (χ2v) is 3.84. The fourth-order valence-corrected chi connectivity index (χ4v) is 1.61. The van der Waals surface area contributed by atoms with Gasteiger partial charge in [-0.15, -0.1) is 0 Å². The predicted molar refractivity (Wildman–Crippen MR) is 72.8 cm³/mol. The number of hydrogen-bond acceptors (Lipinski definition) is 2. The van der Waals surface area contributed by atoms with Gasteiger partial charge in [-0.05, 0) is 23.8 Å². The van der Waals surface area contributed by atoms with E-state index >= 15 is 0 Å². The maximum Gasteiger partial charge on any atom is 0.185 e. The second kappa shape index (κ2) is 5.82. The number of hydrogen-bond donors (Lipinski definition) is 0. The van der Waals surface area contributed by atoms with E-state index < -0.39 is 0 Å². The van der Waals surface area contributed by atoms with Crippen LogP contribution in [0.15, 0.2) is 60.7 Å². The highest BCUT2D eigenvalue weighted by atomic mass is 16.5. The molecule has 0 saturated heterocycles. The zero-order chi connectivity index (χ0) is 12.8. The molecule has 2 nitrogen and oxygen atoms in total. The summed E-state index contributed by atoms with van der Waals surface area (Å²) < 4.78 is 5.09. The fraction of sp³-hybridized carbons (Fsp3) is 0.0625. The first kappa shape index (κ1) is 12.1. The smallest absolute Gasteiger partial charge is 0.185 e. The molecule has 0 aliphatic heterocycles. The number of allylic oxidation sites excluding steroid dienone is 1. The Balaban J connectivity index is 2.14. The molecule has 0 atom stereocenters. The van der Waals surface area contributed by atoms with Crippen LogP contribution in [0.25, 0.3) is 6.08 Å². The largest absolute Gasteiger partial charge is 0.497 e. The molecular formula is C16H14O2. The van der Waals surface area contributed by atoms with Gasteiger partial charge in [-0.3, -0.25) is 4.79 Å². The molecule has 0 N–H and O–H groups in total. The van der Waals surface area contributed by atoms with Crippen molar-refractivity contribution < 1.29 is 9.53 Å². The molecule has 0 saturated carbocycles. The molecule has 0 radical (unpaired) electrons. The van der Waals surface area contributed by atoms with Crippen LogP contribution >= 0.6 is 0 Å². The van der Waals surface area contributed by atoms with Crippen molar-refractivity contribution in [2.75, 3.05) is 7.11 Å². The van der Waals surface area contributed by atoms with E-state index in [1.807, 2.05) is 48.5 Å². The van der Waals surface area contributed by atoms with Gasteiger partial charge in [0.05, 0.1) is 7.11 Å². The molecule has 2 heteroatoms. The highest BCUT2D eigenvalue weighted by molar-refractivity contribution is 6.07. The lowest BCUT2D eigenvalue weighted by Gasteiger charge is -2.01. The van der Waals surface area contributed by atoms with Gasteiger partial charge < -0.3 is 4.74 Å². The van der Waals surface area contributed by atoms with Gasteiger partial charge in [0, 0.05) is 5.56 Å². The van der Waals surface area contributed by atoms with Crippen LogP contribution in [-0.4, -0.2) is 12.9 Å². The summed E-state index contributed by atoms with van der Waals surface area (Å²) in [5.74, 6) is 0.659. The van der Waals surface area contributed by atoms with Gasteiger partial charge in [0.25, 0.3) is 0 Å². The van der Waals surface area contributed by atoms with Crippen LogP contribution in [0.3, 0.4) is 0 Å². The third kappa shape index (κ3) is 3.08. The topological polar surface area (TPSA) is 26.3 Å². The van der Waals surface area contributed by atoms with Crippen LogP contribution in [0, 0.1) is 0 Å². The molecule has 0 aliphatic rings. The zero-order valence-corrected chi connectivity index (χ0v) is 10.2. The number of rotatable bonds is 4. The van der Waals surface area contributed by atoms with Gasteiger partial charge in [0.2, 0.25) is 0 Å². The molecule has 0 amide bonds.